The highest BCUT2D eigenvalue weighted by molar-refractivity contribution is 14.0. The quantitative estimate of drug-likeness (QED) is 0.249. The number of H-pyrrole nitrogens is 1. The highest BCUT2D eigenvalue weighted by Gasteiger charge is 2.11. The van der Waals surface area contributed by atoms with Gasteiger partial charge in [-0.05, 0) is 30.2 Å². The number of guanidine groups is 1. The fourth-order valence-corrected chi connectivity index (χ4v) is 3.14. The number of aromatic amines is 1. The highest BCUT2D eigenvalue weighted by Crippen LogP contribution is 2.26. The Labute approximate surface area is 185 Å². The van der Waals surface area contributed by atoms with E-state index in [-0.39, 0.29) is 30.0 Å². The van der Waals surface area contributed by atoms with Crippen molar-refractivity contribution in [1.29, 1.82) is 0 Å². The SMILES string of the molecule is CC(NC(N)=NCc1ncc(-c2ccccc2)[nH]1)c1ccc(Cl)cc1Cl.I. The van der Waals surface area contributed by atoms with Gasteiger partial charge in [0.2, 0.25) is 0 Å². The van der Waals surface area contributed by atoms with E-state index >= 15 is 0 Å². The number of benzene rings is 2. The largest absolute Gasteiger partial charge is 0.370 e. The van der Waals surface area contributed by atoms with E-state index in [1.165, 1.54) is 0 Å². The third-order valence-electron chi connectivity index (χ3n) is 3.91. The molecule has 142 valence electrons. The molecule has 0 radical (unpaired) electrons. The van der Waals surface area contributed by atoms with E-state index in [0.29, 0.717) is 22.5 Å². The lowest BCUT2D eigenvalue weighted by Gasteiger charge is -2.16. The molecule has 1 unspecified atom stereocenters. The summed E-state index contributed by atoms with van der Waals surface area (Å²) in [5, 5.41) is 4.31. The molecule has 0 amide bonds. The number of hydrogen-bond donors (Lipinski definition) is 3. The number of hydrogen-bond acceptors (Lipinski definition) is 2. The van der Waals surface area contributed by atoms with Gasteiger partial charge in [-0.15, -0.1) is 24.0 Å². The predicted molar refractivity (Wildman–Crippen MR) is 123 cm³/mol. The summed E-state index contributed by atoms with van der Waals surface area (Å²) >= 11 is 12.1. The molecule has 8 heteroatoms. The van der Waals surface area contributed by atoms with Gasteiger partial charge in [0.15, 0.2) is 5.96 Å². The molecule has 1 aromatic heterocycles. The van der Waals surface area contributed by atoms with Crippen molar-refractivity contribution in [1.82, 2.24) is 15.3 Å². The highest BCUT2D eigenvalue weighted by atomic mass is 127. The van der Waals surface area contributed by atoms with E-state index in [2.05, 4.69) is 20.3 Å². The van der Waals surface area contributed by atoms with Crippen molar-refractivity contribution in [2.24, 2.45) is 10.7 Å². The van der Waals surface area contributed by atoms with E-state index < -0.39 is 0 Å². The molecule has 27 heavy (non-hydrogen) atoms. The van der Waals surface area contributed by atoms with E-state index in [1.807, 2.05) is 43.3 Å². The van der Waals surface area contributed by atoms with Crippen LogP contribution in [0.2, 0.25) is 10.0 Å². The summed E-state index contributed by atoms with van der Waals surface area (Å²) in [5.74, 6) is 1.06. The standard InChI is InChI=1S/C19H19Cl2N5.HI/c1-12(15-8-7-14(20)9-16(15)21)25-19(22)24-11-18-23-10-17(26-18)13-5-3-2-4-6-13;/h2-10,12H,11H2,1H3,(H,23,26)(H3,22,24,25);1H. The Balaban J connectivity index is 0.00000261. The van der Waals surface area contributed by atoms with E-state index in [0.717, 1.165) is 22.6 Å². The summed E-state index contributed by atoms with van der Waals surface area (Å²) in [6.07, 6.45) is 1.79. The van der Waals surface area contributed by atoms with Crippen LogP contribution >= 0.6 is 47.2 Å². The molecule has 1 atom stereocenters. The smallest absolute Gasteiger partial charge is 0.189 e. The molecule has 0 fully saturated rings. The third kappa shape index (κ3) is 5.85. The Morgan fingerprint density at radius 2 is 1.96 bits per heavy atom. The molecular formula is C19H20Cl2IN5. The second-order valence-corrected chi connectivity index (χ2v) is 6.69. The third-order valence-corrected chi connectivity index (χ3v) is 4.47. The zero-order valence-corrected chi connectivity index (χ0v) is 18.5. The maximum atomic E-state index is 6.22. The molecule has 0 aliphatic heterocycles. The number of halogens is 3. The average Bonchev–Trinajstić information content (AvgIpc) is 3.09. The van der Waals surface area contributed by atoms with Gasteiger partial charge >= 0.3 is 0 Å². The lowest BCUT2D eigenvalue weighted by atomic mass is 10.1. The average molecular weight is 516 g/mol. The Hall–Kier alpha value is -1.77. The van der Waals surface area contributed by atoms with Gasteiger partial charge in [-0.25, -0.2) is 9.98 Å². The van der Waals surface area contributed by atoms with Crippen LogP contribution in [0, 0.1) is 0 Å². The number of rotatable bonds is 5. The van der Waals surface area contributed by atoms with Crippen LogP contribution in [-0.2, 0) is 6.54 Å². The van der Waals surface area contributed by atoms with Crippen LogP contribution in [0.4, 0.5) is 0 Å². The Kier molecular flexibility index (Phi) is 7.94. The first-order valence-corrected chi connectivity index (χ1v) is 8.89. The van der Waals surface area contributed by atoms with E-state index in [9.17, 15) is 0 Å². The fraction of sp³-hybridized carbons (Fsp3) is 0.158. The minimum Gasteiger partial charge on any atom is -0.370 e. The minimum atomic E-state index is -0.0972. The molecule has 0 saturated heterocycles. The van der Waals surface area contributed by atoms with Gasteiger partial charge in [0.25, 0.3) is 0 Å². The molecule has 3 rings (SSSR count). The molecule has 3 aromatic rings. The zero-order chi connectivity index (χ0) is 18.5. The molecule has 1 heterocycles. The molecule has 0 aliphatic rings. The number of aliphatic imine (C=N–C) groups is 1. The summed E-state index contributed by atoms with van der Waals surface area (Å²) in [6, 6.07) is 15.3. The van der Waals surface area contributed by atoms with Crippen LogP contribution in [0.5, 0.6) is 0 Å². The maximum Gasteiger partial charge on any atom is 0.189 e. The summed E-state index contributed by atoms with van der Waals surface area (Å²) < 4.78 is 0. The Bertz CT molecular complexity index is 911. The summed E-state index contributed by atoms with van der Waals surface area (Å²) in [4.78, 5) is 11.9. The lowest BCUT2D eigenvalue weighted by Crippen LogP contribution is -2.34. The van der Waals surface area contributed by atoms with E-state index in [4.69, 9.17) is 28.9 Å². The first kappa shape index (κ1) is 21.5. The molecule has 4 N–H and O–H groups in total. The van der Waals surface area contributed by atoms with Crippen LogP contribution in [0.25, 0.3) is 11.3 Å². The van der Waals surface area contributed by atoms with Gasteiger partial charge in [-0.1, -0.05) is 59.6 Å². The van der Waals surface area contributed by atoms with Gasteiger partial charge in [-0.3, -0.25) is 0 Å². The number of imidazole rings is 1. The topological polar surface area (TPSA) is 79.1 Å². The summed E-state index contributed by atoms with van der Waals surface area (Å²) in [5.41, 5.74) is 8.91. The molecule has 0 saturated carbocycles. The van der Waals surface area contributed by atoms with Crippen molar-refractivity contribution in [2.45, 2.75) is 19.5 Å². The van der Waals surface area contributed by atoms with Gasteiger partial charge in [0.05, 0.1) is 17.9 Å². The number of nitrogens with two attached hydrogens (primary N) is 1. The number of nitrogens with one attached hydrogen (secondary N) is 2. The van der Waals surface area contributed by atoms with Gasteiger partial charge in [0, 0.05) is 10.0 Å². The predicted octanol–water partition coefficient (Wildman–Crippen LogP) is 5.17. The molecule has 2 aromatic carbocycles. The Morgan fingerprint density at radius 1 is 1.22 bits per heavy atom. The normalized spacial score (nSPS) is 12.3. The van der Waals surface area contributed by atoms with Crippen LogP contribution in [0.3, 0.4) is 0 Å². The van der Waals surface area contributed by atoms with Crippen molar-refractivity contribution in [2.75, 3.05) is 0 Å². The molecule has 0 spiro atoms. The maximum absolute atomic E-state index is 6.22. The van der Waals surface area contributed by atoms with Crippen LogP contribution in [0.1, 0.15) is 24.4 Å². The van der Waals surface area contributed by atoms with Crippen molar-refractivity contribution in [3.8, 4) is 11.3 Å². The van der Waals surface area contributed by atoms with Crippen LogP contribution < -0.4 is 11.1 Å². The number of nitrogens with zero attached hydrogens (tertiary/aromatic N) is 2. The van der Waals surface area contributed by atoms with Crippen molar-refractivity contribution in [3.05, 3.63) is 76.2 Å². The first-order valence-electron chi connectivity index (χ1n) is 8.13. The second-order valence-electron chi connectivity index (χ2n) is 5.84. The summed E-state index contributed by atoms with van der Waals surface area (Å²) in [6.45, 7) is 2.31. The molecule has 0 aliphatic carbocycles. The van der Waals surface area contributed by atoms with Crippen molar-refractivity contribution in [3.63, 3.8) is 0 Å². The molecule has 5 nitrogen and oxygen atoms in total. The number of aromatic nitrogens is 2. The van der Waals surface area contributed by atoms with E-state index in [1.54, 1.807) is 18.3 Å². The van der Waals surface area contributed by atoms with Gasteiger partial charge in [0.1, 0.15) is 12.4 Å². The van der Waals surface area contributed by atoms with Crippen LogP contribution in [-0.4, -0.2) is 15.9 Å². The molecule has 0 bridgehead atoms. The lowest BCUT2D eigenvalue weighted by molar-refractivity contribution is 0.706. The van der Waals surface area contributed by atoms with Crippen molar-refractivity contribution < 1.29 is 0 Å². The minimum absolute atomic E-state index is 0. The molecular weight excluding hydrogens is 496 g/mol. The van der Waals surface area contributed by atoms with Crippen LogP contribution in [0.15, 0.2) is 59.7 Å². The van der Waals surface area contributed by atoms with Gasteiger partial charge in [-0.2, -0.15) is 0 Å². The van der Waals surface area contributed by atoms with Crippen molar-refractivity contribution >= 4 is 53.1 Å². The van der Waals surface area contributed by atoms with Gasteiger partial charge < -0.3 is 16.0 Å². The monoisotopic (exact) mass is 515 g/mol. The first-order chi connectivity index (χ1) is 12.5. The zero-order valence-electron chi connectivity index (χ0n) is 14.6. The fourth-order valence-electron chi connectivity index (χ4n) is 2.57. The Morgan fingerprint density at radius 3 is 2.67 bits per heavy atom. The second kappa shape index (κ2) is 9.96. The summed E-state index contributed by atoms with van der Waals surface area (Å²) in [7, 11) is 0.